The van der Waals surface area contributed by atoms with Gasteiger partial charge in [-0.05, 0) is 43.0 Å². The van der Waals surface area contributed by atoms with E-state index in [0.717, 1.165) is 16.4 Å². The van der Waals surface area contributed by atoms with Gasteiger partial charge in [-0.1, -0.05) is 30.3 Å². The molecule has 0 bridgehead atoms. The van der Waals surface area contributed by atoms with Crippen molar-refractivity contribution in [2.45, 2.75) is 4.90 Å². The second-order valence-electron chi connectivity index (χ2n) is 6.75. The Morgan fingerprint density at radius 3 is 2.45 bits per heavy atom. The highest BCUT2D eigenvalue weighted by Gasteiger charge is 2.13. The molecule has 158 valence electrons. The van der Waals surface area contributed by atoms with Crippen molar-refractivity contribution < 1.29 is 22.4 Å². The fraction of sp³-hybridized carbons (Fsp3) is 0.0870. The number of anilines is 1. The first-order chi connectivity index (χ1) is 14.9. The first kappa shape index (κ1) is 20.6. The van der Waals surface area contributed by atoms with E-state index >= 15 is 0 Å². The van der Waals surface area contributed by atoms with Crippen LogP contribution in [0, 0.1) is 0 Å². The summed E-state index contributed by atoms with van der Waals surface area (Å²) in [7, 11) is -0.610. The number of carbonyl (C=O) groups excluding carboxylic acids is 1. The molecule has 0 aliphatic carbocycles. The van der Waals surface area contributed by atoms with E-state index < -0.39 is 10.0 Å². The van der Waals surface area contributed by atoms with Gasteiger partial charge in [0.05, 0.1) is 17.7 Å². The Morgan fingerprint density at radius 1 is 1.00 bits per heavy atom. The molecule has 4 aromatic rings. The van der Waals surface area contributed by atoms with Gasteiger partial charge in [0.15, 0.2) is 0 Å². The van der Waals surface area contributed by atoms with Crippen molar-refractivity contribution >= 4 is 49.6 Å². The van der Waals surface area contributed by atoms with E-state index in [9.17, 15) is 13.2 Å². The molecule has 0 saturated carbocycles. The maximum absolute atomic E-state index is 12.4. The minimum absolute atomic E-state index is 0.153. The fourth-order valence-electron chi connectivity index (χ4n) is 3.24. The molecule has 0 unspecified atom stereocenters. The van der Waals surface area contributed by atoms with Crippen LogP contribution in [-0.2, 0) is 14.8 Å². The Balaban J connectivity index is 1.56. The quantitative estimate of drug-likeness (QED) is 0.443. The number of fused-ring (bicyclic) bond motifs is 3. The summed E-state index contributed by atoms with van der Waals surface area (Å²) in [6.07, 6.45) is 2.96. The number of para-hydroxylation sites is 1. The number of ether oxygens (including phenoxy) is 1. The Hall–Kier alpha value is -3.62. The first-order valence-electron chi connectivity index (χ1n) is 9.43. The molecule has 3 aromatic carbocycles. The highest BCUT2D eigenvalue weighted by atomic mass is 32.2. The Bertz CT molecular complexity index is 1400. The summed E-state index contributed by atoms with van der Waals surface area (Å²) in [5.41, 5.74) is 2.57. The number of hydrogen-bond donors (Lipinski definition) is 2. The van der Waals surface area contributed by atoms with Crippen molar-refractivity contribution in [1.82, 2.24) is 4.72 Å². The molecule has 0 fully saturated rings. The lowest BCUT2D eigenvalue weighted by Crippen LogP contribution is -2.18. The van der Waals surface area contributed by atoms with Crippen LogP contribution < -0.4 is 14.8 Å². The molecule has 0 atom stereocenters. The molecule has 1 heterocycles. The Morgan fingerprint density at radius 2 is 1.74 bits per heavy atom. The van der Waals surface area contributed by atoms with Crippen LogP contribution >= 0.6 is 0 Å². The van der Waals surface area contributed by atoms with Crippen molar-refractivity contribution in [2.24, 2.45) is 0 Å². The lowest BCUT2D eigenvalue weighted by molar-refractivity contribution is -0.111. The molecule has 1 aromatic heterocycles. The topological polar surface area (TPSA) is 97.6 Å². The third kappa shape index (κ3) is 4.16. The van der Waals surface area contributed by atoms with Gasteiger partial charge in [-0.2, -0.15) is 0 Å². The predicted octanol–water partition coefficient (Wildman–Crippen LogP) is 4.15. The van der Waals surface area contributed by atoms with Gasteiger partial charge in [-0.15, -0.1) is 0 Å². The molecule has 0 saturated heterocycles. The summed E-state index contributed by atoms with van der Waals surface area (Å²) in [6.45, 7) is 0. The van der Waals surface area contributed by atoms with Crippen molar-refractivity contribution in [3.63, 3.8) is 0 Å². The SMILES string of the molecule is CNS(=O)(=O)c1ccc(/C=C/C(=O)Nc2cc3oc4ccccc4c3cc2OC)cc1. The fourth-order valence-corrected chi connectivity index (χ4v) is 3.97. The van der Waals surface area contributed by atoms with E-state index in [1.807, 2.05) is 30.3 Å². The van der Waals surface area contributed by atoms with E-state index in [1.165, 1.54) is 32.4 Å². The molecule has 0 aliphatic heterocycles. The molecule has 31 heavy (non-hydrogen) atoms. The van der Waals surface area contributed by atoms with Gasteiger partial charge in [0, 0.05) is 22.9 Å². The number of carbonyl (C=O) groups is 1. The molecule has 1 amide bonds. The summed E-state index contributed by atoms with van der Waals surface area (Å²) >= 11 is 0. The molecule has 0 spiro atoms. The average Bonchev–Trinajstić information content (AvgIpc) is 3.14. The zero-order chi connectivity index (χ0) is 22.0. The summed E-state index contributed by atoms with van der Waals surface area (Å²) in [5, 5.41) is 4.67. The number of methoxy groups -OCH3 is 1. The summed E-state index contributed by atoms with van der Waals surface area (Å²) < 4.78 is 37.1. The molecule has 0 radical (unpaired) electrons. The summed E-state index contributed by atoms with van der Waals surface area (Å²) in [5.74, 6) is 0.156. The van der Waals surface area contributed by atoms with E-state index in [2.05, 4.69) is 10.0 Å². The van der Waals surface area contributed by atoms with Crippen LogP contribution in [0.1, 0.15) is 5.56 Å². The summed E-state index contributed by atoms with van der Waals surface area (Å²) in [6, 6.07) is 17.4. The monoisotopic (exact) mass is 436 g/mol. The number of rotatable bonds is 6. The lowest BCUT2D eigenvalue weighted by Gasteiger charge is -2.09. The van der Waals surface area contributed by atoms with Gasteiger partial charge in [-0.25, -0.2) is 13.1 Å². The first-order valence-corrected chi connectivity index (χ1v) is 10.9. The molecule has 2 N–H and O–H groups in total. The highest BCUT2D eigenvalue weighted by molar-refractivity contribution is 7.89. The van der Waals surface area contributed by atoms with Crippen molar-refractivity contribution in [2.75, 3.05) is 19.5 Å². The predicted molar refractivity (Wildman–Crippen MR) is 121 cm³/mol. The minimum Gasteiger partial charge on any atom is -0.495 e. The number of amides is 1. The maximum atomic E-state index is 12.4. The standard InChI is InChI=1S/C23H20N2O5S/c1-24-31(27,28)16-10-7-15(8-11-16)9-12-23(26)25-19-14-21-18(13-22(19)29-2)17-5-3-4-6-20(17)30-21/h3-14,24H,1-2H3,(H,25,26)/b12-9+. The molecular weight excluding hydrogens is 416 g/mol. The van der Waals surface area contributed by atoms with Crippen LogP contribution in [0.2, 0.25) is 0 Å². The van der Waals surface area contributed by atoms with Crippen LogP contribution in [0.15, 0.2) is 76.1 Å². The zero-order valence-electron chi connectivity index (χ0n) is 16.9. The minimum atomic E-state index is -3.50. The lowest BCUT2D eigenvalue weighted by atomic mass is 10.1. The molecule has 7 nitrogen and oxygen atoms in total. The van der Waals surface area contributed by atoms with Gasteiger partial charge < -0.3 is 14.5 Å². The van der Waals surface area contributed by atoms with Crippen LogP contribution in [0.3, 0.4) is 0 Å². The van der Waals surface area contributed by atoms with Gasteiger partial charge >= 0.3 is 0 Å². The third-order valence-electron chi connectivity index (χ3n) is 4.84. The van der Waals surface area contributed by atoms with Crippen LogP contribution in [0.25, 0.3) is 28.0 Å². The van der Waals surface area contributed by atoms with E-state index in [-0.39, 0.29) is 10.8 Å². The largest absolute Gasteiger partial charge is 0.495 e. The maximum Gasteiger partial charge on any atom is 0.248 e. The number of sulfonamides is 1. The van der Waals surface area contributed by atoms with Crippen LogP contribution in [0.5, 0.6) is 5.75 Å². The zero-order valence-corrected chi connectivity index (χ0v) is 17.7. The second kappa shape index (κ2) is 8.25. The van der Waals surface area contributed by atoms with Gasteiger partial charge in [0.1, 0.15) is 16.9 Å². The van der Waals surface area contributed by atoms with Gasteiger partial charge in [0.2, 0.25) is 15.9 Å². The number of hydrogen-bond acceptors (Lipinski definition) is 5. The van der Waals surface area contributed by atoms with Crippen LogP contribution in [0.4, 0.5) is 5.69 Å². The smallest absolute Gasteiger partial charge is 0.248 e. The molecule has 4 rings (SSSR count). The normalized spacial score (nSPS) is 11.9. The van der Waals surface area contributed by atoms with E-state index in [0.29, 0.717) is 22.6 Å². The molecular formula is C23H20N2O5S. The number of furan rings is 1. The number of nitrogens with one attached hydrogen (secondary N) is 2. The second-order valence-corrected chi connectivity index (χ2v) is 8.63. The molecule has 8 heteroatoms. The average molecular weight is 436 g/mol. The van der Waals surface area contributed by atoms with Crippen molar-refractivity contribution in [3.05, 3.63) is 72.3 Å². The van der Waals surface area contributed by atoms with Crippen molar-refractivity contribution in [1.29, 1.82) is 0 Å². The number of benzene rings is 3. The molecule has 0 aliphatic rings. The van der Waals surface area contributed by atoms with E-state index in [4.69, 9.17) is 9.15 Å². The summed E-state index contributed by atoms with van der Waals surface area (Å²) in [4.78, 5) is 12.6. The Labute approximate surface area is 179 Å². The Kier molecular flexibility index (Phi) is 5.50. The van der Waals surface area contributed by atoms with Gasteiger partial charge in [0.25, 0.3) is 0 Å². The van der Waals surface area contributed by atoms with E-state index in [1.54, 1.807) is 24.3 Å². The highest BCUT2D eigenvalue weighted by Crippen LogP contribution is 2.36. The van der Waals surface area contributed by atoms with Crippen LogP contribution in [-0.4, -0.2) is 28.5 Å². The van der Waals surface area contributed by atoms with Crippen molar-refractivity contribution in [3.8, 4) is 5.75 Å². The van der Waals surface area contributed by atoms with Gasteiger partial charge in [-0.3, -0.25) is 4.79 Å². The third-order valence-corrected chi connectivity index (χ3v) is 6.27.